The lowest BCUT2D eigenvalue weighted by atomic mass is 9.92. The van der Waals surface area contributed by atoms with Crippen LogP contribution in [0, 0.1) is 13.8 Å². The summed E-state index contributed by atoms with van der Waals surface area (Å²) in [5.74, 6) is 0. The van der Waals surface area contributed by atoms with Gasteiger partial charge in [0.25, 0.3) is 0 Å². The number of para-hydroxylation sites is 2. The average Bonchev–Trinajstić information content (AvgIpc) is 3.17. The van der Waals surface area contributed by atoms with Crippen molar-refractivity contribution in [3.8, 4) is 0 Å². The standard InChI is InChI=1S/C48H38N2/c1-33-25-27-40(29-34(33)2)49(38-17-5-3-6-18-38)46-31-37-32-47(43-22-12-14-24-45(43)48(37)44-23-13-11-21-42(44)46)50(39-19-7-4-8-20-39)41-28-26-35-15-9-10-16-36(35)30-41/h3-8,10-14,16-32H,9,15H2,1-2H3. The van der Waals surface area contributed by atoms with Gasteiger partial charge in [-0.05, 0) is 131 Å². The van der Waals surface area contributed by atoms with E-state index >= 15 is 0 Å². The van der Waals surface area contributed by atoms with Gasteiger partial charge in [-0.15, -0.1) is 0 Å². The van der Waals surface area contributed by atoms with Gasteiger partial charge in [0.1, 0.15) is 0 Å². The minimum absolute atomic E-state index is 1.09. The van der Waals surface area contributed by atoms with Crippen LogP contribution in [0.2, 0.25) is 0 Å². The number of fused-ring (bicyclic) bond motifs is 6. The molecule has 0 saturated heterocycles. The van der Waals surface area contributed by atoms with Crippen LogP contribution >= 0.6 is 0 Å². The van der Waals surface area contributed by atoms with Crippen molar-refractivity contribution in [1.29, 1.82) is 0 Å². The molecular weight excluding hydrogens is 605 g/mol. The van der Waals surface area contributed by atoms with Crippen molar-refractivity contribution in [2.24, 2.45) is 0 Å². The lowest BCUT2D eigenvalue weighted by Gasteiger charge is -2.30. The normalized spacial score (nSPS) is 12.4. The molecule has 0 spiro atoms. The highest BCUT2D eigenvalue weighted by Gasteiger charge is 2.22. The van der Waals surface area contributed by atoms with Gasteiger partial charge in [0.2, 0.25) is 0 Å². The Hall–Kier alpha value is -6.12. The number of hydrogen-bond acceptors (Lipinski definition) is 2. The summed E-state index contributed by atoms with van der Waals surface area (Å²) in [6.45, 7) is 4.38. The molecule has 0 radical (unpaired) electrons. The molecule has 0 N–H and O–H groups in total. The fraction of sp³-hybridized carbons (Fsp3) is 0.0833. The third-order valence-electron chi connectivity index (χ3n) is 10.3. The quantitative estimate of drug-likeness (QED) is 0.167. The SMILES string of the molecule is Cc1ccc(N(c2ccccc2)c2cc3cc(N(c4ccccc4)c4ccc5c(c4)C=CCC5)c4ccccc4c3c3ccccc23)cc1C. The van der Waals surface area contributed by atoms with E-state index in [9.17, 15) is 0 Å². The van der Waals surface area contributed by atoms with Crippen molar-refractivity contribution in [3.05, 3.63) is 186 Å². The zero-order valence-corrected chi connectivity index (χ0v) is 28.5. The molecule has 0 unspecified atom stereocenters. The van der Waals surface area contributed by atoms with E-state index in [1.54, 1.807) is 0 Å². The largest absolute Gasteiger partial charge is 0.310 e. The Morgan fingerprint density at radius 2 is 0.960 bits per heavy atom. The van der Waals surface area contributed by atoms with Crippen LogP contribution in [0.4, 0.5) is 34.1 Å². The van der Waals surface area contributed by atoms with Crippen LogP contribution in [-0.2, 0) is 6.42 Å². The molecule has 0 aliphatic heterocycles. The molecule has 240 valence electrons. The van der Waals surface area contributed by atoms with Crippen LogP contribution in [0.3, 0.4) is 0 Å². The minimum Gasteiger partial charge on any atom is -0.310 e. The van der Waals surface area contributed by atoms with Crippen LogP contribution in [0.25, 0.3) is 38.4 Å². The summed E-state index contributed by atoms with van der Waals surface area (Å²) in [6, 6.07) is 58.0. The molecule has 0 amide bonds. The molecule has 9 rings (SSSR count). The maximum Gasteiger partial charge on any atom is 0.0546 e. The van der Waals surface area contributed by atoms with E-state index in [4.69, 9.17) is 0 Å². The molecule has 0 atom stereocenters. The van der Waals surface area contributed by atoms with Crippen LogP contribution in [0.15, 0.2) is 164 Å². The third kappa shape index (κ3) is 5.12. The predicted octanol–water partition coefficient (Wildman–Crippen LogP) is 13.7. The van der Waals surface area contributed by atoms with E-state index in [1.165, 1.54) is 54.6 Å². The second kappa shape index (κ2) is 12.4. The Balaban J connectivity index is 1.37. The monoisotopic (exact) mass is 642 g/mol. The molecule has 2 heteroatoms. The molecule has 0 bridgehead atoms. The molecule has 0 fully saturated rings. The van der Waals surface area contributed by atoms with E-state index in [-0.39, 0.29) is 0 Å². The second-order valence-corrected chi connectivity index (χ2v) is 13.4. The van der Waals surface area contributed by atoms with Crippen molar-refractivity contribution in [2.75, 3.05) is 9.80 Å². The Bertz CT molecular complexity index is 2570. The summed E-state index contributed by atoms with van der Waals surface area (Å²) >= 11 is 0. The van der Waals surface area contributed by atoms with Crippen LogP contribution in [0.1, 0.15) is 28.7 Å². The van der Waals surface area contributed by atoms with Gasteiger partial charge in [0, 0.05) is 33.5 Å². The fourth-order valence-corrected chi connectivity index (χ4v) is 7.74. The van der Waals surface area contributed by atoms with Gasteiger partial charge in [-0.1, -0.05) is 109 Å². The molecule has 1 aliphatic carbocycles. The number of hydrogen-bond donors (Lipinski definition) is 0. The Morgan fingerprint density at radius 3 is 1.54 bits per heavy atom. The van der Waals surface area contributed by atoms with E-state index in [2.05, 4.69) is 194 Å². The topological polar surface area (TPSA) is 6.48 Å². The Morgan fingerprint density at radius 1 is 0.440 bits per heavy atom. The molecule has 2 nitrogen and oxygen atoms in total. The Kier molecular flexibility index (Phi) is 7.43. The van der Waals surface area contributed by atoms with E-state index in [1.807, 2.05) is 0 Å². The maximum atomic E-state index is 2.44. The smallest absolute Gasteiger partial charge is 0.0546 e. The zero-order chi connectivity index (χ0) is 33.6. The summed E-state index contributed by atoms with van der Waals surface area (Å²) < 4.78 is 0. The highest BCUT2D eigenvalue weighted by atomic mass is 15.2. The molecule has 50 heavy (non-hydrogen) atoms. The van der Waals surface area contributed by atoms with E-state index in [0.29, 0.717) is 0 Å². The summed E-state index contributed by atoms with van der Waals surface area (Å²) in [7, 11) is 0. The highest BCUT2D eigenvalue weighted by Crippen LogP contribution is 2.48. The van der Waals surface area contributed by atoms with Gasteiger partial charge >= 0.3 is 0 Å². The van der Waals surface area contributed by atoms with Crippen molar-refractivity contribution in [1.82, 2.24) is 0 Å². The number of nitrogens with zero attached hydrogens (tertiary/aromatic N) is 2. The summed E-state index contributed by atoms with van der Waals surface area (Å²) in [6.07, 6.45) is 6.77. The first-order valence-electron chi connectivity index (χ1n) is 17.6. The van der Waals surface area contributed by atoms with Gasteiger partial charge < -0.3 is 9.80 Å². The van der Waals surface area contributed by atoms with Crippen LogP contribution < -0.4 is 9.80 Å². The summed E-state index contributed by atoms with van der Waals surface area (Å²) in [4.78, 5) is 4.87. The van der Waals surface area contributed by atoms with Crippen LogP contribution in [0.5, 0.6) is 0 Å². The van der Waals surface area contributed by atoms with E-state index in [0.717, 1.165) is 47.0 Å². The molecule has 0 saturated carbocycles. The fourth-order valence-electron chi connectivity index (χ4n) is 7.74. The third-order valence-corrected chi connectivity index (χ3v) is 10.3. The Labute approximate surface area is 294 Å². The number of allylic oxidation sites excluding steroid dienone is 1. The van der Waals surface area contributed by atoms with Crippen molar-refractivity contribution < 1.29 is 0 Å². The first-order chi connectivity index (χ1) is 24.6. The molecule has 0 heterocycles. The molecule has 8 aromatic rings. The molecule has 1 aliphatic rings. The molecular formula is C48H38N2. The molecule has 0 aromatic heterocycles. The maximum absolute atomic E-state index is 2.44. The van der Waals surface area contributed by atoms with Gasteiger partial charge in [-0.2, -0.15) is 0 Å². The van der Waals surface area contributed by atoms with Crippen LogP contribution in [-0.4, -0.2) is 0 Å². The van der Waals surface area contributed by atoms with Gasteiger partial charge in [0.05, 0.1) is 11.4 Å². The van der Waals surface area contributed by atoms with Gasteiger partial charge in [0.15, 0.2) is 0 Å². The van der Waals surface area contributed by atoms with Crippen molar-refractivity contribution in [2.45, 2.75) is 26.7 Å². The molecule has 8 aromatic carbocycles. The first-order valence-corrected chi connectivity index (χ1v) is 17.6. The highest BCUT2D eigenvalue weighted by molar-refractivity contribution is 6.26. The minimum atomic E-state index is 1.09. The summed E-state index contributed by atoms with van der Waals surface area (Å²) in [5, 5.41) is 7.43. The van der Waals surface area contributed by atoms with Gasteiger partial charge in [-0.3, -0.25) is 0 Å². The number of aryl methyl sites for hydroxylation is 3. The predicted molar refractivity (Wildman–Crippen MR) is 215 cm³/mol. The first kappa shape index (κ1) is 30.0. The lowest BCUT2D eigenvalue weighted by Crippen LogP contribution is -2.12. The van der Waals surface area contributed by atoms with E-state index < -0.39 is 0 Å². The zero-order valence-electron chi connectivity index (χ0n) is 28.5. The number of benzene rings is 8. The second-order valence-electron chi connectivity index (χ2n) is 13.4. The average molecular weight is 643 g/mol. The van der Waals surface area contributed by atoms with Gasteiger partial charge in [-0.25, -0.2) is 0 Å². The summed E-state index contributed by atoms with van der Waals surface area (Å²) in [5.41, 5.74) is 12.2. The number of rotatable bonds is 6. The van der Waals surface area contributed by atoms with Crippen molar-refractivity contribution in [3.63, 3.8) is 0 Å². The number of anilines is 6. The lowest BCUT2D eigenvalue weighted by molar-refractivity contribution is 0.985. The van der Waals surface area contributed by atoms with Crippen molar-refractivity contribution >= 4 is 72.5 Å².